The van der Waals surface area contributed by atoms with E-state index in [4.69, 9.17) is 15.9 Å². The molecule has 2 aliphatic rings. The molecule has 0 aromatic carbocycles. The van der Waals surface area contributed by atoms with Crippen molar-refractivity contribution in [3.63, 3.8) is 0 Å². The molecule has 1 aromatic rings. The second-order valence-electron chi connectivity index (χ2n) is 13.7. The number of hydrogen-bond donors (Lipinski definition) is 7. The molecule has 7 N–H and O–H groups in total. The predicted molar refractivity (Wildman–Crippen MR) is 177 cm³/mol. The third-order valence-corrected chi connectivity index (χ3v) is 10.3. The largest absolute Gasteiger partial charge is 0.458 e. The fraction of sp³-hybridized carbons (Fsp3) is 0.735. The van der Waals surface area contributed by atoms with Crippen LogP contribution in [0.15, 0.2) is 11.0 Å². The Balaban J connectivity index is 1.65. The number of rotatable bonds is 11. The third-order valence-electron chi connectivity index (χ3n) is 9.45. The number of nitrogens with zero attached hydrogens (tertiary/aromatic N) is 1. The number of nitrogens with one attached hydrogen (secondary N) is 1. The van der Waals surface area contributed by atoms with E-state index in [1.807, 2.05) is 25.3 Å². The van der Waals surface area contributed by atoms with Crippen LogP contribution in [0.1, 0.15) is 77.4 Å². The molecule has 3 rings (SSSR count). The van der Waals surface area contributed by atoms with E-state index in [1.54, 1.807) is 26.8 Å². The maximum atomic E-state index is 13.3. The lowest BCUT2D eigenvalue weighted by atomic mass is 9.73. The number of ketones is 1. The first-order chi connectivity index (χ1) is 22.6. The van der Waals surface area contributed by atoms with Crippen molar-refractivity contribution in [1.29, 1.82) is 0 Å². The number of carbonyl (C=O) groups excluding carboxylic acids is 2. The molecule has 11 atom stereocenters. The molecule has 1 aromatic heterocycles. The van der Waals surface area contributed by atoms with Crippen LogP contribution < -0.4 is 5.32 Å². The average molecular weight is 697 g/mol. The number of carbonyl (C=O) groups is 2. The Kier molecular flexibility index (Phi) is 15.0. The molecule has 0 radical (unpaired) electrons. The number of Topliss-reactive ketones (excluding diaryl/α,β-unsaturated/α-hetero) is 1. The van der Waals surface area contributed by atoms with Crippen LogP contribution >= 0.6 is 11.3 Å². The Hall–Kier alpha value is -2.45. The van der Waals surface area contributed by atoms with Crippen molar-refractivity contribution in [2.24, 2.45) is 17.3 Å². The Morgan fingerprint density at radius 3 is 2.54 bits per heavy atom. The molecule has 0 spiro atoms. The molecule has 2 fully saturated rings. The molecule has 270 valence electrons. The maximum absolute atomic E-state index is 13.3. The summed E-state index contributed by atoms with van der Waals surface area (Å²) in [5.41, 5.74) is 0.0591. The van der Waals surface area contributed by atoms with Gasteiger partial charge in [-0.25, -0.2) is 4.98 Å². The van der Waals surface area contributed by atoms with Gasteiger partial charge in [0.15, 0.2) is 0 Å². The van der Waals surface area contributed by atoms with Crippen molar-refractivity contribution in [1.82, 2.24) is 10.3 Å². The molecular weight excluding hydrogens is 644 g/mol. The van der Waals surface area contributed by atoms with E-state index in [-0.39, 0.29) is 37.0 Å². The fourth-order valence-electron chi connectivity index (χ4n) is 5.94. The van der Waals surface area contributed by atoms with Gasteiger partial charge in [-0.2, -0.15) is 0 Å². The summed E-state index contributed by atoms with van der Waals surface area (Å²) in [6.07, 6.45) is 1.82. The van der Waals surface area contributed by atoms with Gasteiger partial charge >= 0.3 is 5.97 Å². The smallest absolute Gasteiger partial charge is 0.309 e. The number of cyclic esters (lactones) is 1. The standard InChI is InChI=1S/C34H52N2O11S/c1-7-45-16-23(38)32(43)31(42)22(37)14-35-15-28-36-21(17-48-28)11-19(3)25-12-26-24(46-26)10-8-9-18(2)30(41)20(4)33(44)34(5,6)27(39)13-29(40)47-25/h1,11,17-18,20,22-27,30-32,35,37-39,41-43H,8-10,12-16H2,2-6H3/b19-11+/t18-,20+,22+,23+,24+,25-,26-,27-,30-,31+,32+/m0/s1. The van der Waals surface area contributed by atoms with Crippen LogP contribution in [0, 0.1) is 29.8 Å². The molecule has 0 aliphatic carbocycles. The number of hydrogen-bond acceptors (Lipinski definition) is 14. The Morgan fingerprint density at radius 2 is 1.85 bits per heavy atom. The summed E-state index contributed by atoms with van der Waals surface area (Å²) >= 11 is 1.35. The summed E-state index contributed by atoms with van der Waals surface area (Å²) in [6, 6.07) is 0. The number of epoxide rings is 1. The van der Waals surface area contributed by atoms with Crippen molar-refractivity contribution < 1.29 is 54.4 Å². The molecule has 48 heavy (non-hydrogen) atoms. The number of esters is 1. The number of fused-ring (bicyclic) bond motifs is 1. The summed E-state index contributed by atoms with van der Waals surface area (Å²) in [5, 5.41) is 67.5. The van der Waals surface area contributed by atoms with Gasteiger partial charge in [0, 0.05) is 30.8 Å². The number of terminal acetylenes is 1. The maximum Gasteiger partial charge on any atom is 0.309 e. The molecule has 0 saturated carbocycles. The highest BCUT2D eigenvalue weighted by atomic mass is 32.1. The second kappa shape index (κ2) is 18.0. The summed E-state index contributed by atoms with van der Waals surface area (Å²) < 4.78 is 16.4. The van der Waals surface area contributed by atoms with E-state index in [1.165, 1.54) is 11.3 Å². The highest BCUT2D eigenvalue weighted by Crippen LogP contribution is 2.36. The quantitative estimate of drug-likeness (QED) is 0.0976. The number of aliphatic hydroxyl groups is 6. The van der Waals surface area contributed by atoms with Gasteiger partial charge in [-0.05, 0) is 37.3 Å². The SMILES string of the molecule is C#COC[C@@H](O)[C@@H](O)[C@H](O)[C@H](O)CNCc1nc(/C=C(\C)[C@@H]2C[C@@H]3O[C@@H]3CCC[C@H](C)[C@H](O)[C@@H](C)C(=O)C(C)(C)[C@@H](O)CC(=O)O2)cs1. The van der Waals surface area contributed by atoms with Crippen molar-refractivity contribution in [2.45, 2.75) is 128 Å². The molecule has 14 heteroatoms. The minimum atomic E-state index is -1.67. The Labute approximate surface area is 286 Å². The molecule has 2 aliphatic heterocycles. The van der Waals surface area contributed by atoms with Crippen LogP contribution in [0.4, 0.5) is 0 Å². The minimum absolute atomic E-state index is 0.00584. The first-order valence-electron chi connectivity index (χ1n) is 16.4. The van der Waals surface area contributed by atoms with Crippen molar-refractivity contribution in [3.8, 4) is 12.5 Å². The van der Waals surface area contributed by atoms with E-state index in [0.29, 0.717) is 17.1 Å². The van der Waals surface area contributed by atoms with Crippen LogP contribution in [0.2, 0.25) is 0 Å². The van der Waals surface area contributed by atoms with Crippen LogP contribution in [-0.2, 0) is 30.3 Å². The van der Waals surface area contributed by atoms with Gasteiger partial charge in [-0.1, -0.05) is 40.5 Å². The van der Waals surface area contributed by atoms with E-state index >= 15 is 0 Å². The van der Waals surface area contributed by atoms with Crippen molar-refractivity contribution >= 4 is 29.2 Å². The van der Waals surface area contributed by atoms with E-state index < -0.39 is 73.1 Å². The molecule has 13 nitrogen and oxygen atoms in total. The van der Waals surface area contributed by atoms with Crippen LogP contribution in [-0.4, -0.2) is 115 Å². The zero-order valence-corrected chi connectivity index (χ0v) is 29.1. The highest BCUT2D eigenvalue weighted by molar-refractivity contribution is 7.09. The monoisotopic (exact) mass is 696 g/mol. The molecule has 0 unspecified atom stereocenters. The number of aromatic nitrogens is 1. The van der Waals surface area contributed by atoms with Gasteiger partial charge in [0.2, 0.25) is 0 Å². The zero-order chi connectivity index (χ0) is 35.8. The van der Waals surface area contributed by atoms with Crippen LogP contribution in [0.3, 0.4) is 0 Å². The van der Waals surface area contributed by atoms with Gasteiger partial charge in [0.25, 0.3) is 0 Å². The normalized spacial score (nSPS) is 31.5. The molecular formula is C34H52N2O11S. The van der Waals surface area contributed by atoms with E-state index in [9.17, 15) is 40.2 Å². The second-order valence-corrected chi connectivity index (χ2v) is 14.6. The first kappa shape index (κ1) is 40.0. The average Bonchev–Trinajstić information content (AvgIpc) is 3.63. The van der Waals surface area contributed by atoms with Crippen LogP contribution in [0.5, 0.6) is 0 Å². The number of aliphatic hydroxyl groups excluding tert-OH is 6. The third kappa shape index (κ3) is 11.0. The van der Waals surface area contributed by atoms with E-state index in [0.717, 1.165) is 24.8 Å². The predicted octanol–water partition coefficient (Wildman–Crippen LogP) is 0.919. The summed E-state index contributed by atoms with van der Waals surface area (Å²) in [6.45, 7) is 8.32. The molecule has 0 bridgehead atoms. The summed E-state index contributed by atoms with van der Waals surface area (Å²) in [7, 11) is 0. The van der Waals surface area contributed by atoms with Gasteiger partial charge < -0.3 is 50.2 Å². The van der Waals surface area contributed by atoms with Gasteiger partial charge in [0.1, 0.15) is 47.9 Å². The molecule has 3 heterocycles. The van der Waals surface area contributed by atoms with Gasteiger partial charge in [-0.15, -0.1) is 11.3 Å². The minimum Gasteiger partial charge on any atom is -0.458 e. The Morgan fingerprint density at radius 1 is 1.17 bits per heavy atom. The number of ether oxygens (including phenoxy) is 3. The van der Waals surface area contributed by atoms with Crippen molar-refractivity contribution in [3.05, 3.63) is 21.7 Å². The molecule has 0 amide bonds. The summed E-state index contributed by atoms with van der Waals surface area (Å²) in [5.74, 6) is -1.79. The van der Waals surface area contributed by atoms with Crippen molar-refractivity contribution in [2.75, 3.05) is 13.2 Å². The highest BCUT2D eigenvalue weighted by Gasteiger charge is 2.44. The lowest BCUT2D eigenvalue weighted by Gasteiger charge is -2.34. The topological polar surface area (TPSA) is 211 Å². The molecule has 2 saturated heterocycles. The van der Waals surface area contributed by atoms with Gasteiger partial charge in [0.05, 0.1) is 48.0 Å². The van der Waals surface area contributed by atoms with E-state index in [2.05, 4.69) is 15.0 Å². The fourth-order valence-corrected chi connectivity index (χ4v) is 6.66. The van der Waals surface area contributed by atoms with Gasteiger partial charge in [-0.3, -0.25) is 9.59 Å². The Bertz CT molecular complexity index is 1280. The first-order valence-corrected chi connectivity index (χ1v) is 17.3. The van der Waals surface area contributed by atoms with Crippen LogP contribution in [0.25, 0.3) is 6.08 Å². The number of thiazole rings is 1. The summed E-state index contributed by atoms with van der Waals surface area (Å²) in [4.78, 5) is 31.0. The zero-order valence-electron chi connectivity index (χ0n) is 28.3. The lowest BCUT2D eigenvalue weighted by Crippen LogP contribution is -2.49. The lowest BCUT2D eigenvalue weighted by molar-refractivity contribution is -0.154.